The molecule has 0 N–H and O–H groups in total. The van der Waals surface area contributed by atoms with Gasteiger partial charge in [0.1, 0.15) is 0 Å². The van der Waals surface area contributed by atoms with Crippen LogP contribution in [0.2, 0.25) is 0 Å². The first-order valence-corrected chi connectivity index (χ1v) is 6.10. The lowest BCUT2D eigenvalue weighted by Crippen LogP contribution is -2.28. The van der Waals surface area contributed by atoms with Crippen molar-refractivity contribution in [3.8, 4) is 0 Å². The Labute approximate surface area is 103 Å². The van der Waals surface area contributed by atoms with E-state index in [1.807, 2.05) is 26.0 Å². The van der Waals surface area contributed by atoms with Crippen LogP contribution in [-0.2, 0) is 10.2 Å². The van der Waals surface area contributed by atoms with Crippen molar-refractivity contribution in [2.45, 2.75) is 45.4 Å². The van der Waals surface area contributed by atoms with Crippen molar-refractivity contribution in [1.82, 2.24) is 0 Å². The highest BCUT2D eigenvalue weighted by molar-refractivity contribution is 6.65. The third-order valence-corrected chi connectivity index (χ3v) is 3.77. The number of carbonyl (C=O) groups is 1. The maximum Gasteiger partial charge on any atom is 0.231 e. The highest BCUT2D eigenvalue weighted by Gasteiger charge is 2.31. The van der Waals surface area contributed by atoms with Gasteiger partial charge < -0.3 is 0 Å². The molecule has 0 amide bonds. The molecule has 1 aromatic rings. The van der Waals surface area contributed by atoms with E-state index in [0.717, 1.165) is 12.0 Å². The number of rotatable bonds is 4. The summed E-state index contributed by atoms with van der Waals surface area (Å²) in [5.41, 5.74) is 1.72. The molecule has 0 aliphatic rings. The second-order valence-corrected chi connectivity index (χ2v) is 5.08. The van der Waals surface area contributed by atoms with Gasteiger partial charge in [-0.1, -0.05) is 45.0 Å². The summed E-state index contributed by atoms with van der Waals surface area (Å²) in [6.07, 6.45) is 0.719. The van der Waals surface area contributed by atoms with E-state index in [-0.39, 0.29) is 5.24 Å². The van der Waals surface area contributed by atoms with Crippen molar-refractivity contribution in [3.63, 3.8) is 0 Å². The predicted molar refractivity (Wildman–Crippen MR) is 69.0 cm³/mol. The summed E-state index contributed by atoms with van der Waals surface area (Å²) in [4.78, 5) is 11.5. The molecule has 2 heteroatoms. The second-order valence-electron chi connectivity index (χ2n) is 4.74. The normalized spacial score (nSPS) is 14.9. The first-order chi connectivity index (χ1) is 7.41. The number of hydrogen-bond acceptors (Lipinski definition) is 1. The Morgan fingerprint density at radius 1 is 1.31 bits per heavy atom. The average molecular weight is 239 g/mol. The molecule has 0 aromatic heterocycles. The van der Waals surface area contributed by atoms with E-state index in [0.29, 0.717) is 5.92 Å². The van der Waals surface area contributed by atoms with Gasteiger partial charge in [-0.05, 0) is 42.0 Å². The van der Waals surface area contributed by atoms with Gasteiger partial charge in [-0.3, -0.25) is 4.79 Å². The fraction of sp³-hybridized carbons (Fsp3) is 0.500. The molecule has 88 valence electrons. The minimum absolute atomic E-state index is 0.285. The fourth-order valence-corrected chi connectivity index (χ4v) is 1.94. The summed E-state index contributed by atoms with van der Waals surface area (Å²) < 4.78 is 0. The third kappa shape index (κ3) is 2.46. The van der Waals surface area contributed by atoms with Crippen LogP contribution in [0, 0.1) is 0 Å². The van der Waals surface area contributed by atoms with Crippen LogP contribution in [0.1, 0.15) is 51.2 Å². The molecule has 0 spiro atoms. The summed E-state index contributed by atoms with van der Waals surface area (Å²) in [5, 5.41) is -0.285. The van der Waals surface area contributed by atoms with Crippen molar-refractivity contribution < 1.29 is 4.79 Å². The van der Waals surface area contributed by atoms with Gasteiger partial charge in [0.15, 0.2) is 0 Å². The molecule has 0 heterocycles. The van der Waals surface area contributed by atoms with Crippen LogP contribution in [0.4, 0.5) is 0 Å². The Bertz CT molecular complexity index is 367. The number of benzene rings is 1. The fourth-order valence-electron chi connectivity index (χ4n) is 1.69. The highest BCUT2D eigenvalue weighted by atomic mass is 35.5. The Hall–Kier alpha value is -0.820. The Morgan fingerprint density at radius 2 is 1.81 bits per heavy atom. The molecule has 1 atom stereocenters. The van der Waals surface area contributed by atoms with Crippen LogP contribution in [0.15, 0.2) is 24.3 Å². The summed E-state index contributed by atoms with van der Waals surface area (Å²) in [7, 11) is 0. The molecule has 0 fully saturated rings. The van der Waals surface area contributed by atoms with Crippen LogP contribution < -0.4 is 0 Å². The van der Waals surface area contributed by atoms with E-state index < -0.39 is 5.41 Å². The summed E-state index contributed by atoms with van der Waals surface area (Å²) in [6, 6.07) is 8.18. The average Bonchev–Trinajstić information content (AvgIpc) is 2.27. The van der Waals surface area contributed by atoms with E-state index in [4.69, 9.17) is 11.6 Å². The third-order valence-electron chi connectivity index (χ3n) is 3.36. The molecule has 0 radical (unpaired) electrons. The lowest BCUT2D eigenvalue weighted by molar-refractivity contribution is -0.116. The molecule has 0 aliphatic heterocycles. The van der Waals surface area contributed by atoms with Crippen LogP contribution in [-0.4, -0.2) is 5.24 Å². The smallest absolute Gasteiger partial charge is 0.231 e. The van der Waals surface area contributed by atoms with Crippen molar-refractivity contribution >= 4 is 16.8 Å². The molecular formula is C14H19ClO. The first kappa shape index (κ1) is 13.2. The van der Waals surface area contributed by atoms with Crippen LogP contribution >= 0.6 is 11.6 Å². The zero-order chi connectivity index (χ0) is 12.3. The van der Waals surface area contributed by atoms with Gasteiger partial charge in [-0.25, -0.2) is 0 Å². The first-order valence-electron chi connectivity index (χ1n) is 5.72. The maximum atomic E-state index is 11.5. The maximum absolute atomic E-state index is 11.5. The minimum atomic E-state index is -0.558. The molecule has 0 bridgehead atoms. The van der Waals surface area contributed by atoms with Gasteiger partial charge in [-0.2, -0.15) is 0 Å². The van der Waals surface area contributed by atoms with Gasteiger partial charge in [0.25, 0.3) is 0 Å². The summed E-state index contributed by atoms with van der Waals surface area (Å²) in [6.45, 7) is 8.19. The highest BCUT2D eigenvalue weighted by Crippen LogP contribution is 2.31. The predicted octanol–water partition coefficient (Wildman–Crippen LogP) is 4.24. The SMILES string of the molecule is CCC(C)(C(=O)Cl)c1ccc(C(C)C)cc1. The van der Waals surface area contributed by atoms with Gasteiger partial charge in [0.05, 0.1) is 5.41 Å². The zero-order valence-electron chi connectivity index (χ0n) is 10.4. The molecule has 1 unspecified atom stereocenters. The molecule has 1 aromatic carbocycles. The van der Waals surface area contributed by atoms with Crippen molar-refractivity contribution in [2.24, 2.45) is 0 Å². The van der Waals surface area contributed by atoms with Crippen LogP contribution in [0.5, 0.6) is 0 Å². The zero-order valence-corrected chi connectivity index (χ0v) is 11.1. The molecule has 1 rings (SSSR count). The lowest BCUT2D eigenvalue weighted by atomic mass is 9.80. The van der Waals surface area contributed by atoms with E-state index in [9.17, 15) is 4.79 Å². The Balaban J connectivity index is 3.09. The molecule has 16 heavy (non-hydrogen) atoms. The largest absolute Gasteiger partial charge is 0.280 e. The summed E-state index contributed by atoms with van der Waals surface area (Å²) in [5.74, 6) is 0.508. The van der Waals surface area contributed by atoms with Gasteiger partial charge in [0, 0.05) is 0 Å². The van der Waals surface area contributed by atoms with Gasteiger partial charge in [0.2, 0.25) is 5.24 Å². The van der Waals surface area contributed by atoms with Crippen molar-refractivity contribution in [1.29, 1.82) is 0 Å². The van der Waals surface area contributed by atoms with Gasteiger partial charge in [-0.15, -0.1) is 0 Å². The van der Waals surface area contributed by atoms with Gasteiger partial charge >= 0.3 is 0 Å². The molecular weight excluding hydrogens is 220 g/mol. The van der Waals surface area contributed by atoms with Crippen LogP contribution in [0.25, 0.3) is 0 Å². The minimum Gasteiger partial charge on any atom is -0.280 e. The van der Waals surface area contributed by atoms with Crippen molar-refractivity contribution in [2.75, 3.05) is 0 Å². The Kier molecular flexibility index (Phi) is 4.15. The standard InChI is InChI=1S/C14H19ClO/c1-5-14(4,13(15)16)12-8-6-11(7-9-12)10(2)3/h6-10H,5H2,1-4H3. The Morgan fingerprint density at radius 3 is 2.12 bits per heavy atom. The molecule has 0 aliphatic carbocycles. The topological polar surface area (TPSA) is 17.1 Å². The van der Waals surface area contributed by atoms with E-state index in [2.05, 4.69) is 26.0 Å². The van der Waals surface area contributed by atoms with E-state index in [1.165, 1.54) is 5.56 Å². The molecule has 1 nitrogen and oxygen atoms in total. The van der Waals surface area contributed by atoms with Crippen LogP contribution in [0.3, 0.4) is 0 Å². The van der Waals surface area contributed by atoms with Crippen molar-refractivity contribution in [3.05, 3.63) is 35.4 Å². The molecule has 0 saturated carbocycles. The number of hydrogen-bond donors (Lipinski definition) is 0. The number of halogens is 1. The lowest BCUT2D eigenvalue weighted by Gasteiger charge is -2.24. The monoisotopic (exact) mass is 238 g/mol. The molecule has 0 saturated heterocycles. The second kappa shape index (κ2) is 5.01. The van der Waals surface area contributed by atoms with E-state index >= 15 is 0 Å². The van der Waals surface area contributed by atoms with E-state index in [1.54, 1.807) is 0 Å². The quantitative estimate of drug-likeness (QED) is 0.717. The summed E-state index contributed by atoms with van der Waals surface area (Å²) >= 11 is 5.68. The number of carbonyl (C=O) groups excluding carboxylic acids is 1.